The first kappa shape index (κ1) is 13.0. The summed E-state index contributed by atoms with van der Waals surface area (Å²) in [5.74, 6) is 2.77. The summed E-state index contributed by atoms with van der Waals surface area (Å²) >= 11 is 0. The summed E-state index contributed by atoms with van der Waals surface area (Å²) < 4.78 is 25.5. The lowest BCUT2D eigenvalue weighted by Crippen LogP contribution is -2.16. The number of halogens is 2. The Labute approximate surface area is 96.8 Å². The van der Waals surface area contributed by atoms with Crippen molar-refractivity contribution in [1.82, 2.24) is 0 Å². The zero-order valence-electron chi connectivity index (χ0n) is 9.15. The molecule has 0 amide bonds. The van der Waals surface area contributed by atoms with E-state index in [1.165, 1.54) is 6.07 Å². The predicted octanol–water partition coefficient (Wildman–Crippen LogP) is 1.96. The van der Waals surface area contributed by atoms with Crippen LogP contribution < -0.4 is 5.84 Å². The van der Waals surface area contributed by atoms with Gasteiger partial charge in [0.2, 0.25) is 0 Å². The molecule has 0 aliphatic carbocycles. The van der Waals surface area contributed by atoms with E-state index in [0.29, 0.717) is 0 Å². The smallest absolute Gasteiger partial charge is 0.184 e. The van der Waals surface area contributed by atoms with Gasteiger partial charge in [-0.1, -0.05) is 6.92 Å². The van der Waals surface area contributed by atoms with Crippen molar-refractivity contribution in [3.63, 3.8) is 0 Å². The molecule has 1 rings (SSSR count). The van der Waals surface area contributed by atoms with Crippen LogP contribution in [-0.4, -0.2) is 17.7 Å². The van der Waals surface area contributed by atoms with Crippen molar-refractivity contribution in [3.05, 3.63) is 29.8 Å². The van der Waals surface area contributed by atoms with E-state index in [9.17, 15) is 13.6 Å². The SMILES string of the molecule is CCC(=O)C(C=Nc1ccc(F)c(F)c1)=NN. The summed E-state index contributed by atoms with van der Waals surface area (Å²) in [6, 6.07) is 3.14. The maximum atomic E-state index is 12.8. The summed E-state index contributed by atoms with van der Waals surface area (Å²) in [5, 5.41) is 3.26. The molecule has 0 atom stereocenters. The fourth-order valence-electron chi connectivity index (χ4n) is 1.06. The molecule has 4 nitrogen and oxygen atoms in total. The molecule has 0 saturated heterocycles. The van der Waals surface area contributed by atoms with Gasteiger partial charge < -0.3 is 5.84 Å². The minimum atomic E-state index is -1.01. The molecule has 0 aliphatic heterocycles. The number of ketones is 1. The first-order valence-corrected chi connectivity index (χ1v) is 4.88. The van der Waals surface area contributed by atoms with Gasteiger partial charge in [-0.25, -0.2) is 8.78 Å². The maximum Gasteiger partial charge on any atom is 0.184 e. The lowest BCUT2D eigenvalue weighted by molar-refractivity contribution is -0.112. The zero-order valence-corrected chi connectivity index (χ0v) is 9.15. The lowest BCUT2D eigenvalue weighted by atomic mass is 10.2. The van der Waals surface area contributed by atoms with Crippen molar-refractivity contribution >= 4 is 23.4 Å². The number of Topliss-reactive ketones (excluding diaryl/α,β-unsaturated/α-hetero) is 1. The number of aliphatic imine (C=N–C) groups is 1. The molecule has 0 fully saturated rings. The van der Waals surface area contributed by atoms with Crippen LogP contribution in [0.5, 0.6) is 0 Å². The van der Waals surface area contributed by atoms with Crippen molar-refractivity contribution in [1.29, 1.82) is 0 Å². The fourth-order valence-corrected chi connectivity index (χ4v) is 1.06. The molecule has 0 spiro atoms. The second-order valence-corrected chi connectivity index (χ2v) is 3.15. The highest BCUT2D eigenvalue weighted by Gasteiger charge is 2.06. The van der Waals surface area contributed by atoms with Gasteiger partial charge in [0.25, 0.3) is 0 Å². The van der Waals surface area contributed by atoms with E-state index in [2.05, 4.69) is 10.1 Å². The molecule has 17 heavy (non-hydrogen) atoms. The van der Waals surface area contributed by atoms with E-state index in [0.717, 1.165) is 18.3 Å². The van der Waals surface area contributed by atoms with Gasteiger partial charge in [-0.2, -0.15) is 5.10 Å². The van der Waals surface area contributed by atoms with E-state index in [-0.39, 0.29) is 23.6 Å². The molecule has 0 unspecified atom stereocenters. The molecule has 90 valence electrons. The first-order chi connectivity index (χ1) is 8.08. The van der Waals surface area contributed by atoms with Gasteiger partial charge in [0.05, 0.1) is 11.9 Å². The van der Waals surface area contributed by atoms with Gasteiger partial charge in [0, 0.05) is 12.5 Å². The Hall–Kier alpha value is -2.11. The predicted molar refractivity (Wildman–Crippen MR) is 61.4 cm³/mol. The highest BCUT2D eigenvalue weighted by Crippen LogP contribution is 2.15. The molecular formula is C11H11F2N3O. The highest BCUT2D eigenvalue weighted by atomic mass is 19.2. The summed E-state index contributed by atoms with van der Waals surface area (Å²) in [5.41, 5.74) is 0.159. The van der Waals surface area contributed by atoms with Gasteiger partial charge in [-0.3, -0.25) is 9.79 Å². The Bertz CT molecular complexity index is 484. The first-order valence-electron chi connectivity index (χ1n) is 4.88. The quantitative estimate of drug-likeness (QED) is 0.495. The highest BCUT2D eigenvalue weighted by molar-refractivity contribution is 6.61. The molecule has 0 aliphatic rings. The van der Waals surface area contributed by atoms with Crippen LogP contribution in [0.3, 0.4) is 0 Å². The molecule has 2 N–H and O–H groups in total. The Morgan fingerprint density at radius 2 is 2.12 bits per heavy atom. The summed E-state index contributed by atoms with van der Waals surface area (Å²) in [7, 11) is 0. The van der Waals surface area contributed by atoms with Crippen molar-refractivity contribution in [3.8, 4) is 0 Å². The summed E-state index contributed by atoms with van der Waals surface area (Å²) in [4.78, 5) is 15.0. The van der Waals surface area contributed by atoms with Crippen LogP contribution >= 0.6 is 0 Å². The standard InChI is InChI=1S/C11H11F2N3O/c1-2-11(17)10(16-14)6-15-7-3-4-8(12)9(13)5-7/h3-6H,2,14H2,1H3. The van der Waals surface area contributed by atoms with E-state index in [4.69, 9.17) is 5.84 Å². The van der Waals surface area contributed by atoms with Crippen LogP contribution in [0.15, 0.2) is 28.3 Å². The zero-order chi connectivity index (χ0) is 12.8. The molecule has 1 aromatic carbocycles. The molecule has 0 heterocycles. The molecule has 0 saturated carbocycles. The Kier molecular flexibility index (Phi) is 4.45. The van der Waals surface area contributed by atoms with Gasteiger partial charge >= 0.3 is 0 Å². The number of hydrogen-bond donors (Lipinski definition) is 1. The van der Waals surface area contributed by atoms with Gasteiger partial charge in [0.1, 0.15) is 5.71 Å². The molecule has 0 aromatic heterocycles. The average Bonchev–Trinajstić information content (AvgIpc) is 2.33. The normalized spacial score (nSPS) is 12.1. The van der Waals surface area contributed by atoms with E-state index < -0.39 is 11.6 Å². The Balaban J connectivity index is 2.90. The van der Waals surface area contributed by atoms with Crippen molar-refractivity contribution in [2.75, 3.05) is 0 Å². The number of hydrazone groups is 1. The fraction of sp³-hybridized carbons (Fsp3) is 0.182. The second kappa shape index (κ2) is 5.83. The average molecular weight is 239 g/mol. The van der Waals surface area contributed by atoms with Gasteiger partial charge in [-0.15, -0.1) is 0 Å². The minimum absolute atomic E-state index is 0.0165. The monoisotopic (exact) mass is 239 g/mol. The third-order valence-electron chi connectivity index (χ3n) is 1.98. The van der Waals surface area contributed by atoms with Crippen LogP contribution in [0.4, 0.5) is 14.5 Å². The maximum absolute atomic E-state index is 12.8. The number of rotatable bonds is 4. The van der Waals surface area contributed by atoms with Gasteiger partial charge in [0.15, 0.2) is 17.4 Å². The van der Waals surface area contributed by atoms with Crippen molar-refractivity contribution in [2.24, 2.45) is 15.9 Å². The van der Waals surface area contributed by atoms with Crippen LogP contribution in [-0.2, 0) is 4.79 Å². The molecule has 1 aromatic rings. The van der Waals surface area contributed by atoms with Gasteiger partial charge in [-0.05, 0) is 12.1 Å². The number of nitrogens with zero attached hydrogens (tertiary/aromatic N) is 2. The number of hydrogen-bond acceptors (Lipinski definition) is 4. The van der Waals surface area contributed by atoms with E-state index >= 15 is 0 Å². The van der Waals surface area contributed by atoms with Crippen LogP contribution in [0.25, 0.3) is 0 Å². The largest absolute Gasteiger partial charge is 0.323 e. The Morgan fingerprint density at radius 1 is 1.41 bits per heavy atom. The topological polar surface area (TPSA) is 67.8 Å². The molecular weight excluding hydrogens is 228 g/mol. The van der Waals surface area contributed by atoms with Crippen LogP contribution in [0.2, 0.25) is 0 Å². The minimum Gasteiger partial charge on any atom is -0.323 e. The van der Waals surface area contributed by atoms with E-state index in [1.807, 2.05) is 0 Å². The molecule has 0 bridgehead atoms. The number of carbonyl (C=O) groups is 1. The lowest BCUT2D eigenvalue weighted by Gasteiger charge is -1.97. The number of carbonyl (C=O) groups excluding carboxylic acids is 1. The van der Waals surface area contributed by atoms with Crippen LogP contribution in [0.1, 0.15) is 13.3 Å². The third kappa shape index (κ3) is 3.44. The summed E-state index contributed by atoms with van der Waals surface area (Å²) in [6.07, 6.45) is 1.36. The number of benzene rings is 1. The third-order valence-corrected chi connectivity index (χ3v) is 1.98. The Morgan fingerprint density at radius 3 is 2.65 bits per heavy atom. The molecule has 6 heteroatoms. The summed E-state index contributed by atoms with van der Waals surface area (Å²) in [6.45, 7) is 1.65. The number of nitrogens with two attached hydrogens (primary N) is 1. The van der Waals surface area contributed by atoms with Crippen molar-refractivity contribution < 1.29 is 13.6 Å². The van der Waals surface area contributed by atoms with Crippen molar-refractivity contribution in [2.45, 2.75) is 13.3 Å². The van der Waals surface area contributed by atoms with Crippen LogP contribution in [0, 0.1) is 11.6 Å². The molecule has 0 radical (unpaired) electrons. The second-order valence-electron chi connectivity index (χ2n) is 3.15. The van der Waals surface area contributed by atoms with E-state index in [1.54, 1.807) is 6.92 Å².